The number of H-pyrrole nitrogens is 1. The summed E-state index contributed by atoms with van der Waals surface area (Å²) in [4.78, 5) is 24.3. The highest BCUT2D eigenvalue weighted by atomic mass is 16.5. The summed E-state index contributed by atoms with van der Waals surface area (Å²) < 4.78 is 7.82. The van der Waals surface area contributed by atoms with Crippen molar-refractivity contribution < 1.29 is 4.74 Å². The number of rotatable bonds is 5. The second-order valence-corrected chi connectivity index (χ2v) is 5.91. The largest absolute Gasteiger partial charge is 0.457 e. The van der Waals surface area contributed by atoms with Crippen molar-refractivity contribution in [3.63, 3.8) is 0 Å². The maximum absolute atomic E-state index is 12.5. The molecule has 26 heavy (non-hydrogen) atoms. The fourth-order valence-corrected chi connectivity index (χ4v) is 2.88. The van der Waals surface area contributed by atoms with Gasteiger partial charge in [0.25, 0.3) is 5.56 Å². The van der Waals surface area contributed by atoms with E-state index in [4.69, 9.17) is 4.74 Å². The van der Waals surface area contributed by atoms with E-state index in [0.717, 1.165) is 18.1 Å². The van der Waals surface area contributed by atoms with Gasteiger partial charge in [-0.2, -0.15) is 0 Å². The first-order valence-electron chi connectivity index (χ1n) is 8.49. The number of fused-ring (bicyclic) bond motifs is 1. The van der Waals surface area contributed by atoms with E-state index in [-0.39, 0.29) is 5.56 Å². The molecule has 2 aromatic heterocycles. The van der Waals surface area contributed by atoms with Gasteiger partial charge in [0.2, 0.25) is 0 Å². The number of benzene rings is 2. The van der Waals surface area contributed by atoms with Crippen molar-refractivity contribution in [2.75, 3.05) is 0 Å². The molecular weight excluding hydrogens is 328 g/mol. The molecule has 1 N–H and O–H groups in total. The van der Waals surface area contributed by atoms with E-state index in [0.29, 0.717) is 28.9 Å². The number of imidazole rings is 1. The Balaban J connectivity index is 1.66. The van der Waals surface area contributed by atoms with Crippen LogP contribution in [0.15, 0.2) is 65.7 Å². The first-order chi connectivity index (χ1) is 12.7. The zero-order valence-corrected chi connectivity index (χ0v) is 14.3. The minimum Gasteiger partial charge on any atom is -0.457 e. The van der Waals surface area contributed by atoms with E-state index in [1.54, 1.807) is 18.3 Å². The van der Waals surface area contributed by atoms with Gasteiger partial charge in [-0.15, -0.1) is 0 Å². The van der Waals surface area contributed by atoms with Crippen LogP contribution in [0.4, 0.5) is 0 Å². The smallest absolute Gasteiger partial charge is 0.258 e. The van der Waals surface area contributed by atoms with E-state index in [1.807, 2.05) is 47.2 Å². The van der Waals surface area contributed by atoms with Crippen molar-refractivity contribution in [2.45, 2.75) is 19.9 Å². The minimum absolute atomic E-state index is 0.182. The minimum atomic E-state index is -0.182. The van der Waals surface area contributed by atoms with Gasteiger partial charge in [-0.05, 0) is 37.3 Å². The number of aromatic amines is 1. The molecule has 0 aliphatic carbocycles. The van der Waals surface area contributed by atoms with Gasteiger partial charge in [0.1, 0.15) is 23.1 Å². The van der Waals surface area contributed by atoms with E-state index < -0.39 is 0 Å². The third kappa shape index (κ3) is 3.21. The lowest BCUT2D eigenvalue weighted by Gasteiger charge is -2.08. The van der Waals surface area contributed by atoms with Crippen LogP contribution in [0, 0.1) is 0 Å². The van der Waals surface area contributed by atoms with Crippen molar-refractivity contribution in [3.8, 4) is 11.5 Å². The summed E-state index contributed by atoms with van der Waals surface area (Å²) in [5.41, 5.74) is 0.455. The SMILES string of the molecule is CCn1ccnc1Cc1nc2ccc(Oc3ccccc3)cc2c(=O)[nH]1. The molecule has 0 radical (unpaired) electrons. The van der Waals surface area contributed by atoms with Crippen LogP contribution >= 0.6 is 0 Å². The van der Waals surface area contributed by atoms with Gasteiger partial charge in [0.15, 0.2) is 0 Å². The number of nitrogens with one attached hydrogen (secondary N) is 1. The van der Waals surface area contributed by atoms with E-state index in [9.17, 15) is 4.79 Å². The Hall–Kier alpha value is -3.41. The van der Waals surface area contributed by atoms with E-state index in [2.05, 4.69) is 21.9 Å². The van der Waals surface area contributed by atoms with Crippen molar-refractivity contribution in [1.82, 2.24) is 19.5 Å². The molecule has 130 valence electrons. The van der Waals surface area contributed by atoms with Crippen LogP contribution in [0.25, 0.3) is 10.9 Å². The zero-order valence-electron chi connectivity index (χ0n) is 14.3. The van der Waals surface area contributed by atoms with Crippen LogP contribution in [0.3, 0.4) is 0 Å². The third-order valence-corrected chi connectivity index (χ3v) is 4.17. The Morgan fingerprint density at radius 1 is 1.12 bits per heavy atom. The molecule has 0 aliphatic heterocycles. The Kier molecular flexibility index (Phi) is 4.23. The maximum atomic E-state index is 12.5. The van der Waals surface area contributed by atoms with Crippen LogP contribution in [-0.2, 0) is 13.0 Å². The summed E-state index contributed by atoms with van der Waals surface area (Å²) >= 11 is 0. The Morgan fingerprint density at radius 3 is 2.77 bits per heavy atom. The van der Waals surface area contributed by atoms with Crippen LogP contribution in [0.1, 0.15) is 18.6 Å². The molecule has 4 rings (SSSR count). The van der Waals surface area contributed by atoms with Crippen LogP contribution in [-0.4, -0.2) is 19.5 Å². The molecule has 6 heteroatoms. The summed E-state index contributed by atoms with van der Waals surface area (Å²) in [6.07, 6.45) is 4.15. The van der Waals surface area contributed by atoms with Crippen LogP contribution in [0.5, 0.6) is 11.5 Å². The van der Waals surface area contributed by atoms with Crippen LogP contribution in [0.2, 0.25) is 0 Å². The van der Waals surface area contributed by atoms with Crippen molar-refractivity contribution in [2.24, 2.45) is 0 Å². The van der Waals surface area contributed by atoms with Crippen molar-refractivity contribution >= 4 is 10.9 Å². The molecule has 2 aromatic carbocycles. The molecule has 0 saturated carbocycles. The number of hydrogen-bond acceptors (Lipinski definition) is 4. The second-order valence-electron chi connectivity index (χ2n) is 5.91. The van der Waals surface area contributed by atoms with Gasteiger partial charge in [-0.3, -0.25) is 4.79 Å². The third-order valence-electron chi connectivity index (χ3n) is 4.17. The van der Waals surface area contributed by atoms with Gasteiger partial charge < -0.3 is 14.3 Å². The van der Waals surface area contributed by atoms with E-state index in [1.165, 1.54) is 0 Å². The highest BCUT2D eigenvalue weighted by molar-refractivity contribution is 5.79. The number of aromatic nitrogens is 4. The molecular formula is C20H18N4O2. The number of aryl methyl sites for hydroxylation is 1. The molecule has 0 fully saturated rings. The lowest BCUT2D eigenvalue weighted by atomic mass is 10.2. The fourth-order valence-electron chi connectivity index (χ4n) is 2.88. The topological polar surface area (TPSA) is 72.8 Å². The first-order valence-corrected chi connectivity index (χ1v) is 8.49. The quantitative estimate of drug-likeness (QED) is 0.600. The Bertz CT molecular complexity index is 1100. The van der Waals surface area contributed by atoms with E-state index >= 15 is 0 Å². The number of nitrogens with zero attached hydrogens (tertiary/aromatic N) is 3. The predicted octanol–water partition coefficient (Wildman–Crippen LogP) is 3.52. The highest BCUT2D eigenvalue weighted by Gasteiger charge is 2.09. The van der Waals surface area contributed by atoms with Crippen molar-refractivity contribution in [1.29, 1.82) is 0 Å². The molecule has 0 saturated heterocycles. The molecule has 0 spiro atoms. The Labute approximate surface area is 150 Å². The average molecular weight is 346 g/mol. The molecule has 0 unspecified atom stereocenters. The summed E-state index contributed by atoms with van der Waals surface area (Å²) in [7, 11) is 0. The van der Waals surface area contributed by atoms with Gasteiger partial charge >= 0.3 is 0 Å². The molecule has 0 aliphatic rings. The second kappa shape index (κ2) is 6.84. The molecule has 0 amide bonds. The maximum Gasteiger partial charge on any atom is 0.258 e. The highest BCUT2D eigenvalue weighted by Crippen LogP contribution is 2.23. The zero-order chi connectivity index (χ0) is 17.9. The average Bonchev–Trinajstić information content (AvgIpc) is 3.10. The Morgan fingerprint density at radius 2 is 1.96 bits per heavy atom. The van der Waals surface area contributed by atoms with Crippen molar-refractivity contribution in [3.05, 3.63) is 82.9 Å². The molecule has 0 bridgehead atoms. The summed E-state index contributed by atoms with van der Waals surface area (Å²) in [5, 5.41) is 0.501. The lowest BCUT2D eigenvalue weighted by molar-refractivity contribution is 0.483. The van der Waals surface area contributed by atoms with Gasteiger partial charge in [0, 0.05) is 18.9 Å². The summed E-state index contributed by atoms with van der Waals surface area (Å²) in [6.45, 7) is 2.88. The monoisotopic (exact) mass is 346 g/mol. The summed E-state index contributed by atoms with van der Waals surface area (Å²) in [6, 6.07) is 14.8. The number of para-hydroxylation sites is 1. The molecule has 4 aromatic rings. The van der Waals surface area contributed by atoms with Gasteiger partial charge in [0.05, 0.1) is 17.3 Å². The molecule has 0 atom stereocenters. The fraction of sp³-hybridized carbons (Fsp3) is 0.150. The number of hydrogen-bond donors (Lipinski definition) is 1. The predicted molar refractivity (Wildman–Crippen MR) is 99.6 cm³/mol. The first kappa shape index (κ1) is 16.1. The normalized spacial score (nSPS) is 11.0. The molecule has 2 heterocycles. The number of ether oxygens (including phenoxy) is 1. The van der Waals surface area contributed by atoms with Gasteiger partial charge in [-0.1, -0.05) is 18.2 Å². The molecule has 6 nitrogen and oxygen atoms in total. The van der Waals surface area contributed by atoms with Gasteiger partial charge in [-0.25, -0.2) is 9.97 Å². The summed E-state index contributed by atoms with van der Waals surface area (Å²) in [5.74, 6) is 2.80. The van der Waals surface area contributed by atoms with Crippen LogP contribution < -0.4 is 10.3 Å². The lowest BCUT2D eigenvalue weighted by Crippen LogP contribution is -2.14. The standard InChI is InChI=1S/C20H18N4O2/c1-2-24-11-10-21-19(24)13-18-22-17-9-8-15(12-16(17)20(25)23-18)26-14-6-4-3-5-7-14/h3-12H,2,13H2,1H3,(H,22,23,25).